The van der Waals surface area contributed by atoms with Crippen molar-refractivity contribution in [1.29, 1.82) is 0 Å². The molecule has 0 N–H and O–H groups in total. The number of carbonyl (C=O) groups excluding carboxylic acids is 4. The zero-order valence-corrected chi connectivity index (χ0v) is 28.4. The van der Waals surface area contributed by atoms with E-state index in [1.807, 2.05) is 0 Å². The van der Waals surface area contributed by atoms with E-state index >= 15 is 17.6 Å². The molecule has 0 unspecified atom stereocenters. The van der Waals surface area contributed by atoms with E-state index in [9.17, 15) is 41.1 Å². The number of hydrogen-bond acceptors (Lipinski definition) is 6. The van der Waals surface area contributed by atoms with Crippen LogP contribution in [0.2, 0.25) is 25.1 Å². The largest absolute Gasteiger partial charge is 0.448 e. The lowest BCUT2D eigenvalue weighted by atomic mass is 10.1. The molecule has 2 heterocycles. The molecule has 0 bridgehead atoms. The molecular formula is C30H6Cl5F9N2O6. The summed E-state index contributed by atoms with van der Waals surface area (Å²) in [6.45, 7) is 0.726. The Kier molecular flexibility index (Phi) is 9.06. The Morgan fingerprint density at radius 2 is 0.769 bits per heavy atom. The molecule has 6 rings (SSSR count). The lowest BCUT2D eigenvalue weighted by Gasteiger charge is -2.18. The van der Waals surface area contributed by atoms with Gasteiger partial charge in [-0.2, -0.15) is 8.78 Å². The van der Waals surface area contributed by atoms with E-state index in [2.05, 4.69) is 0 Å². The van der Waals surface area contributed by atoms with Crippen LogP contribution in [0.25, 0.3) is 0 Å². The number of nitrogens with zero attached hydrogens (tertiary/aromatic N) is 2. The molecule has 4 aromatic rings. The molecule has 8 nitrogen and oxygen atoms in total. The standard InChI is InChI=1S/C30H6Cl5F9N2O6/c1-3-13(36)12(35)19(42)22(14(3)37)46-29(49)5-7(30(46)50)18(41)26(21(44)16(5)39)52-24-10(33)8(31)23(9(32)11(24)34)51-25-17(40)6-4(15(38)20(25)43)27(47)45(2)28(6)48/h1-2H3. The van der Waals surface area contributed by atoms with Gasteiger partial charge >= 0.3 is 0 Å². The molecule has 0 atom stereocenters. The van der Waals surface area contributed by atoms with Crippen LogP contribution in [-0.2, 0) is 0 Å². The number of imide groups is 2. The molecule has 2 aliphatic rings. The van der Waals surface area contributed by atoms with Crippen LogP contribution in [0.5, 0.6) is 23.0 Å². The second-order valence-electron chi connectivity index (χ2n) is 10.5. The summed E-state index contributed by atoms with van der Waals surface area (Å²) in [4.78, 5) is 50.5. The van der Waals surface area contributed by atoms with Gasteiger partial charge in [0.25, 0.3) is 23.6 Å². The third-order valence-electron chi connectivity index (χ3n) is 7.71. The highest BCUT2D eigenvalue weighted by atomic mass is 35.5. The van der Waals surface area contributed by atoms with Gasteiger partial charge in [-0.05, 0) is 6.92 Å². The van der Waals surface area contributed by atoms with E-state index in [-0.39, 0.29) is 4.90 Å². The first-order chi connectivity index (χ1) is 24.2. The van der Waals surface area contributed by atoms with Crippen LogP contribution in [0, 0.1) is 59.3 Å². The number of hydrogen-bond donors (Lipinski definition) is 0. The fourth-order valence-corrected chi connectivity index (χ4v) is 6.32. The first kappa shape index (κ1) is 37.3. The SMILES string of the molecule is Cc1c(F)c(Cl)c(F)c(N2C(=O)c3c(F)c(F)c(Oc4c(Cl)c(Cl)c(Oc5c(F)c(F)c6c(c5F)C(=O)N(C)C6=O)c(Cl)c4Cl)c(F)c3C2=O)c1F. The molecule has 22 heteroatoms. The molecule has 0 saturated heterocycles. The van der Waals surface area contributed by atoms with Crippen LogP contribution in [-0.4, -0.2) is 35.6 Å². The normalized spacial score (nSPS) is 13.8. The number of amides is 4. The van der Waals surface area contributed by atoms with Crippen LogP contribution < -0.4 is 14.4 Å². The molecule has 0 aromatic heterocycles. The van der Waals surface area contributed by atoms with E-state index in [0.717, 1.165) is 14.0 Å². The third kappa shape index (κ3) is 4.93. The highest BCUT2D eigenvalue weighted by Gasteiger charge is 2.48. The summed E-state index contributed by atoms with van der Waals surface area (Å²) >= 11 is 29.9. The number of carbonyl (C=O) groups is 4. The van der Waals surface area contributed by atoms with Gasteiger partial charge in [0.2, 0.25) is 23.1 Å². The summed E-state index contributed by atoms with van der Waals surface area (Å²) in [5, 5.41) is -5.62. The van der Waals surface area contributed by atoms with Crippen LogP contribution >= 0.6 is 58.0 Å². The van der Waals surface area contributed by atoms with E-state index in [4.69, 9.17) is 67.5 Å². The predicted molar refractivity (Wildman–Crippen MR) is 163 cm³/mol. The van der Waals surface area contributed by atoms with Crippen LogP contribution in [0.1, 0.15) is 47.0 Å². The first-order valence-electron chi connectivity index (χ1n) is 13.3. The zero-order valence-electron chi connectivity index (χ0n) is 24.6. The highest BCUT2D eigenvalue weighted by Crippen LogP contribution is 2.54. The van der Waals surface area contributed by atoms with Crippen molar-refractivity contribution in [2.75, 3.05) is 11.9 Å². The molecular weight excluding hydrogens is 833 g/mol. The number of rotatable bonds is 5. The Morgan fingerprint density at radius 1 is 0.423 bits per heavy atom. The maximum Gasteiger partial charge on any atom is 0.269 e. The maximum absolute atomic E-state index is 15.8. The minimum absolute atomic E-state index is 0.275. The number of fused-ring (bicyclic) bond motifs is 2. The summed E-state index contributed by atoms with van der Waals surface area (Å²) < 4.78 is 146. The quantitative estimate of drug-likeness (QED) is 0.0860. The average Bonchev–Trinajstić information content (AvgIpc) is 3.50. The number of ether oxygens (including phenoxy) is 2. The molecule has 0 fully saturated rings. The molecule has 4 amide bonds. The number of halogens is 14. The number of anilines is 1. The Bertz CT molecular complexity index is 2390. The average molecular weight is 839 g/mol. The topological polar surface area (TPSA) is 93.2 Å². The van der Waals surface area contributed by atoms with Gasteiger partial charge in [0.05, 0.1) is 22.3 Å². The van der Waals surface area contributed by atoms with Gasteiger partial charge in [-0.25, -0.2) is 35.6 Å². The molecule has 4 aromatic carbocycles. The van der Waals surface area contributed by atoms with E-state index in [0.29, 0.717) is 0 Å². The van der Waals surface area contributed by atoms with Gasteiger partial charge in [0.15, 0.2) is 52.2 Å². The van der Waals surface area contributed by atoms with E-state index in [1.54, 1.807) is 0 Å². The fourth-order valence-electron chi connectivity index (χ4n) is 5.11. The van der Waals surface area contributed by atoms with Crippen LogP contribution in [0.15, 0.2) is 0 Å². The van der Waals surface area contributed by atoms with Crippen molar-refractivity contribution >= 4 is 87.3 Å². The fraction of sp³-hybridized carbons (Fsp3) is 0.0667. The van der Waals surface area contributed by atoms with Crippen molar-refractivity contribution in [2.45, 2.75) is 6.92 Å². The summed E-state index contributed by atoms with van der Waals surface area (Å²) in [5.41, 5.74) is -8.49. The predicted octanol–water partition coefficient (Wildman–Crippen LogP) is 10.1. The minimum Gasteiger partial charge on any atom is -0.448 e. The smallest absolute Gasteiger partial charge is 0.269 e. The second kappa shape index (κ2) is 12.6. The van der Waals surface area contributed by atoms with Crippen molar-refractivity contribution in [3.63, 3.8) is 0 Å². The molecule has 52 heavy (non-hydrogen) atoms. The number of benzene rings is 4. The maximum atomic E-state index is 15.8. The summed E-state index contributed by atoms with van der Waals surface area (Å²) in [6.07, 6.45) is 0. The van der Waals surface area contributed by atoms with Gasteiger partial charge < -0.3 is 9.47 Å². The van der Waals surface area contributed by atoms with Crippen LogP contribution in [0.4, 0.5) is 45.2 Å². The van der Waals surface area contributed by atoms with Gasteiger partial charge in [-0.15, -0.1) is 0 Å². The second-order valence-corrected chi connectivity index (χ2v) is 12.4. The Balaban J connectivity index is 1.45. The lowest BCUT2D eigenvalue weighted by molar-refractivity contribution is 0.0689. The third-order valence-corrected chi connectivity index (χ3v) is 9.67. The van der Waals surface area contributed by atoms with Gasteiger partial charge in [-0.1, -0.05) is 58.0 Å². The zero-order chi connectivity index (χ0) is 38.7. The van der Waals surface area contributed by atoms with Gasteiger partial charge in [-0.3, -0.25) is 24.1 Å². The van der Waals surface area contributed by atoms with Crippen LogP contribution in [0.3, 0.4) is 0 Å². The van der Waals surface area contributed by atoms with Crippen molar-refractivity contribution < 1.29 is 68.2 Å². The van der Waals surface area contributed by atoms with Crippen molar-refractivity contribution in [2.24, 2.45) is 0 Å². The molecule has 0 aliphatic carbocycles. The van der Waals surface area contributed by atoms with Crippen molar-refractivity contribution in [3.8, 4) is 23.0 Å². The summed E-state index contributed by atoms with van der Waals surface area (Å²) in [7, 11) is 0.846. The van der Waals surface area contributed by atoms with Gasteiger partial charge in [0.1, 0.15) is 30.8 Å². The van der Waals surface area contributed by atoms with Crippen molar-refractivity contribution in [1.82, 2.24) is 4.90 Å². The lowest BCUT2D eigenvalue weighted by Crippen LogP contribution is -2.32. The molecule has 0 spiro atoms. The highest BCUT2D eigenvalue weighted by molar-refractivity contribution is 6.50. The Hall–Kier alpha value is -4.42. The minimum atomic E-state index is -2.37. The molecule has 0 saturated carbocycles. The molecule has 270 valence electrons. The first-order valence-corrected chi connectivity index (χ1v) is 15.2. The van der Waals surface area contributed by atoms with Crippen molar-refractivity contribution in [3.05, 3.63) is 105 Å². The monoisotopic (exact) mass is 836 g/mol. The Morgan fingerprint density at radius 3 is 1.17 bits per heavy atom. The van der Waals surface area contributed by atoms with E-state index in [1.165, 1.54) is 0 Å². The van der Waals surface area contributed by atoms with E-state index < -0.39 is 162 Å². The van der Waals surface area contributed by atoms with Gasteiger partial charge in [0, 0.05) is 12.6 Å². The summed E-state index contributed by atoms with van der Waals surface area (Å²) in [5.74, 6) is -31.1. The summed E-state index contributed by atoms with van der Waals surface area (Å²) in [6, 6.07) is 0. The Labute approximate surface area is 306 Å². The molecule has 2 aliphatic heterocycles. The molecule has 0 radical (unpaired) electrons.